The van der Waals surface area contributed by atoms with Crippen LogP contribution in [-0.4, -0.2) is 24.8 Å². The maximum atomic E-state index is 12.3. The summed E-state index contributed by atoms with van der Waals surface area (Å²) >= 11 is 0. The second-order valence-electron chi connectivity index (χ2n) is 6.73. The number of ketones is 1. The maximum Gasteiger partial charge on any atom is 0.239 e. The topological polar surface area (TPSA) is 58.2 Å². The zero-order valence-corrected chi connectivity index (χ0v) is 14.5. The minimum Gasteiger partial charge on any atom is -0.376 e. The third kappa shape index (κ3) is 3.90. The van der Waals surface area contributed by atoms with E-state index in [9.17, 15) is 9.59 Å². The van der Waals surface area contributed by atoms with Crippen LogP contribution in [0.25, 0.3) is 0 Å². The van der Waals surface area contributed by atoms with Crippen molar-refractivity contribution in [1.82, 2.24) is 5.32 Å². The molecule has 130 valence electrons. The van der Waals surface area contributed by atoms with Crippen LogP contribution in [-0.2, 0) is 10.2 Å². The predicted octanol–water partition coefficient (Wildman–Crippen LogP) is 3.54. The molecule has 2 aromatic carbocycles. The lowest BCUT2D eigenvalue weighted by Gasteiger charge is -2.42. The molecule has 0 heterocycles. The van der Waals surface area contributed by atoms with E-state index in [0.717, 1.165) is 12.8 Å². The summed E-state index contributed by atoms with van der Waals surface area (Å²) in [7, 11) is 0. The Kier molecular flexibility index (Phi) is 5.17. The number of para-hydroxylation sites is 1. The highest BCUT2D eigenvalue weighted by Crippen LogP contribution is 2.43. The molecule has 0 radical (unpaired) electrons. The first kappa shape index (κ1) is 17.2. The molecule has 0 unspecified atom stereocenters. The van der Waals surface area contributed by atoms with Crippen LogP contribution in [0.15, 0.2) is 54.6 Å². The molecule has 1 aliphatic rings. The van der Waals surface area contributed by atoms with Crippen molar-refractivity contribution in [1.29, 1.82) is 0 Å². The third-order valence-electron chi connectivity index (χ3n) is 5.07. The van der Waals surface area contributed by atoms with Gasteiger partial charge in [0.2, 0.25) is 5.91 Å². The highest BCUT2D eigenvalue weighted by molar-refractivity contribution is 6.00. The number of hydrogen-bond donors (Lipinski definition) is 2. The van der Waals surface area contributed by atoms with Crippen LogP contribution in [0.5, 0.6) is 0 Å². The van der Waals surface area contributed by atoms with Gasteiger partial charge in [0.1, 0.15) is 0 Å². The molecular weight excluding hydrogens is 312 g/mol. The molecule has 2 aromatic rings. The smallest absolute Gasteiger partial charge is 0.239 e. The zero-order chi connectivity index (χ0) is 17.7. The fourth-order valence-electron chi connectivity index (χ4n) is 3.41. The minimum atomic E-state index is -0.0550. The molecule has 4 heteroatoms. The van der Waals surface area contributed by atoms with Crippen molar-refractivity contribution in [3.05, 3.63) is 65.7 Å². The summed E-state index contributed by atoms with van der Waals surface area (Å²) in [5.74, 6) is -0.0680. The van der Waals surface area contributed by atoms with Crippen LogP contribution in [0.1, 0.15) is 42.1 Å². The minimum absolute atomic E-state index is 0.0130. The summed E-state index contributed by atoms with van der Waals surface area (Å²) in [6.07, 6.45) is 3.42. The number of rotatable bonds is 7. The molecule has 2 N–H and O–H groups in total. The standard InChI is InChI=1S/C21H24N2O2/c1-16(24)18-10-5-6-11-19(18)22-14-20(25)23-15-21(12-7-13-21)17-8-3-2-4-9-17/h2-6,8-11,22H,7,12-15H2,1H3,(H,23,25). The fourth-order valence-corrected chi connectivity index (χ4v) is 3.41. The van der Waals surface area contributed by atoms with Crippen LogP contribution < -0.4 is 10.6 Å². The summed E-state index contributed by atoms with van der Waals surface area (Å²) in [5.41, 5.74) is 2.69. The van der Waals surface area contributed by atoms with Crippen LogP contribution in [0.4, 0.5) is 5.69 Å². The van der Waals surface area contributed by atoms with Gasteiger partial charge in [0.05, 0.1) is 6.54 Å². The van der Waals surface area contributed by atoms with Gasteiger partial charge >= 0.3 is 0 Å². The predicted molar refractivity (Wildman–Crippen MR) is 99.9 cm³/mol. The van der Waals surface area contributed by atoms with Crippen molar-refractivity contribution in [3.8, 4) is 0 Å². The Hall–Kier alpha value is -2.62. The average Bonchev–Trinajstić information content (AvgIpc) is 2.60. The summed E-state index contributed by atoms with van der Waals surface area (Å²) < 4.78 is 0. The van der Waals surface area contributed by atoms with E-state index in [-0.39, 0.29) is 23.7 Å². The lowest BCUT2D eigenvalue weighted by molar-refractivity contribution is -0.119. The first-order valence-electron chi connectivity index (χ1n) is 8.77. The van der Waals surface area contributed by atoms with Crippen molar-refractivity contribution < 1.29 is 9.59 Å². The van der Waals surface area contributed by atoms with Crippen LogP contribution in [0.3, 0.4) is 0 Å². The summed E-state index contributed by atoms with van der Waals surface area (Å²) in [5, 5.41) is 6.13. The highest BCUT2D eigenvalue weighted by Gasteiger charge is 2.38. The lowest BCUT2D eigenvalue weighted by atomic mass is 9.64. The summed E-state index contributed by atoms with van der Waals surface area (Å²) in [6.45, 7) is 2.35. The quantitative estimate of drug-likeness (QED) is 0.760. The van der Waals surface area contributed by atoms with Gasteiger partial charge in [0.15, 0.2) is 5.78 Å². The van der Waals surface area contributed by atoms with E-state index in [1.165, 1.54) is 18.9 Å². The van der Waals surface area contributed by atoms with Gasteiger partial charge in [-0.3, -0.25) is 9.59 Å². The van der Waals surface area contributed by atoms with Gasteiger partial charge in [-0.15, -0.1) is 0 Å². The monoisotopic (exact) mass is 336 g/mol. The van der Waals surface area contributed by atoms with Gasteiger partial charge in [-0.25, -0.2) is 0 Å². The Morgan fingerprint density at radius 1 is 1.00 bits per heavy atom. The highest BCUT2D eigenvalue weighted by atomic mass is 16.2. The largest absolute Gasteiger partial charge is 0.376 e. The molecule has 0 aromatic heterocycles. The molecule has 0 spiro atoms. The third-order valence-corrected chi connectivity index (χ3v) is 5.07. The van der Waals surface area contributed by atoms with Gasteiger partial charge in [-0.1, -0.05) is 48.9 Å². The number of nitrogens with one attached hydrogen (secondary N) is 2. The molecule has 1 amide bonds. The van der Waals surface area contributed by atoms with Crippen LogP contribution >= 0.6 is 0 Å². The van der Waals surface area contributed by atoms with Crippen molar-refractivity contribution in [2.24, 2.45) is 0 Å². The van der Waals surface area contributed by atoms with Crippen molar-refractivity contribution >= 4 is 17.4 Å². The molecule has 1 saturated carbocycles. The number of Topliss-reactive ketones (excluding diaryl/α,β-unsaturated/α-hetero) is 1. The number of amides is 1. The lowest BCUT2D eigenvalue weighted by Crippen LogP contribution is -2.46. The maximum absolute atomic E-state index is 12.3. The second kappa shape index (κ2) is 7.51. The van der Waals surface area contributed by atoms with Crippen LogP contribution in [0.2, 0.25) is 0 Å². The van der Waals surface area contributed by atoms with E-state index in [0.29, 0.717) is 17.8 Å². The Bertz CT molecular complexity index is 752. The molecule has 1 fully saturated rings. The molecule has 0 atom stereocenters. The van der Waals surface area contributed by atoms with E-state index in [1.54, 1.807) is 6.07 Å². The van der Waals surface area contributed by atoms with Crippen molar-refractivity contribution in [3.63, 3.8) is 0 Å². The van der Waals surface area contributed by atoms with E-state index >= 15 is 0 Å². The Labute approximate surface area is 148 Å². The summed E-state index contributed by atoms with van der Waals surface area (Å²) in [4.78, 5) is 23.9. The fraction of sp³-hybridized carbons (Fsp3) is 0.333. The molecule has 3 rings (SSSR count). The Morgan fingerprint density at radius 3 is 2.32 bits per heavy atom. The first-order chi connectivity index (χ1) is 12.1. The van der Waals surface area contributed by atoms with Gasteiger partial charge in [0, 0.05) is 23.2 Å². The van der Waals surface area contributed by atoms with Gasteiger partial charge in [0.25, 0.3) is 0 Å². The SMILES string of the molecule is CC(=O)c1ccccc1NCC(=O)NCC1(c2ccccc2)CCC1. The molecule has 1 aliphatic carbocycles. The number of anilines is 1. The number of hydrogen-bond acceptors (Lipinski definition) is 3. The Balaban J connectivity index is 1.56. The van der Waals surface area contributed by atoms with Crippen LogP contribution in [0, 0.1) is 0 Å². The van der Waals surface area contributed by atoms with Crippen molar-refractivity contribution in [2.45, 2.75) is 31.6 Å². The number of carbonyl (C=O) groups is 2. The van der Waals surface area contributed by atoms with E-state index < -0.39 is 0 Å². The van der Waals surface area contributed by atoms with Gasteiger partial charge in [-0.2, -0.15) is 0 Å². The molecular formula is C21H24N2O2. The summed E-state index contributed by atoms with van der Waals surface area (Å²) in [6, 6.07) is 17.7. The van der Waals surface area contributed by atoms with Crippen molar-refractivity contribution in [2.75, 3.05) is 18.4 Å². The van der Waals surface area contributed by atoms with Gasteiger partial charge < -0.3 is 10.6 Å². The number of carbonyl (C=O) groups excluding carboxylic acids is 2. The number of benzene rings is 2. The molecule has 0 saturated heterocycles. The van der Waals surface area contributed by atoms with E-state index in [4.69, 9.17) is 0 Å². The molecule has 0 bridgehead atoms. The van der Waals surface area contributed by atoms with E-state index in [2.05, 4.69) is 34.9 Å². The zero-order valence-electron chi connectivity index (χ0n) is 14.5. The van der Waals surface area contributed by atoms with E-state index in [1.807, 2.05) is 24.3 Å². The second-order valence-corrected chi connectivity index (χ2v) is 6.73. The van der Waals surface area contributed by atoms with Gasteiger partial charge in [-0.05, 0) is 37.5 Å². The molecule has 4 nitrogen and oxygen atoms in total. The Morgan fingerprint density at radius 2 is 1.68 bits per heavy atom. The normalized spacial score (nSPS) is 15.1. The first-order valence-corrected chi connectivity index (χ1v) is 8.77. The molecule has 25 heavy (non-hydrogen) atoms. The molecule has 0 aliphatic heterocycles. The average molecular weight is 336 g/mol.